The van der Waals surface area contributed by atoms with Crippen LogP contribution < -0.4 is 5.32 Å². The minimum Gasteiger partial charge on any atom is -0.351 e. The Labute approximate surface area is 130 Å². The topological polar surface area (TPSA) is 29.1 Å². The van der Waals surface area contributed by atoms with Crippen LogP contribution in [0.5, 0.6) is 0 Å². The number of hydrogen-bond acceptors (Lipinski definition) is 1. The van der Waals surface area contributed by atoms with Crippen molar-refractivity contribution in [2.45, 2.75) is 31.7 Å². The molecule has 0 aromatic heterocycles. The number of halogens is 1. The largest absolute Gasteiger partial charge is 0.351 e. The number of carbonyl (C=O) groups excluding carboxylic acids is 1. The lowest BCUT2D eigenvalue weighted by Crippen LogP contribution is -2.34. The molecule has 2 aromatic carbocycles. The van der Waals surface area contributed by atoms with Crippen LogP contribution in [0.4, 0.5) is 0 Å². The van der Waals surface area contributed by atoms with Gasteiger partial charge in [-0.05, 0) is 43.0 Å². The summed E-state index contributed by atoms with van der Waals surface area (Å²) in [5, 5.41) is 3.77. The van der Waals surface area contributed by atoms with Crippen LogP contribution in [0.3, 0.4) is 0 Å². The Hall–Kier alpha value is -1.80. The van der Waals surface area contributed by atoms with Gasteiger partial charge in [-0.2, -0.15) is 0 Å². The van der Waals surface area contributed by atoms with Crippen LogP contribution >= 0.6 is 11.6 Å². The Kier molecular flexibility index (Phi) is 3.73. The van der Waals surface area contributed by atoms with E-state index in [0.717, 1.165) is 24.0 Å². The van der Waals surface area contributed by atoms with Gasteiger partial charge < -0.3 is 5.32 Å². The zero-order valence-electron chi connectivity index (χ0n) is 12.0. The summed E-state index contributed by atoms with van der Waals surface area (Å²) in [4.78, 5) is 12.5. The second kappa shape index (κ2) is 5.53. The van der Waals surface area contributed by atoms with Crippen LogP contribution in [0.1, 0.15) is 29.5 Å². The van der Waals surface area contributed by atoms with Gasteiger partial charge in [0.25, 0.3) is 0 Å². The number of carbonyl (C=O) groups is 1. The van der Waals surface area contributed by atoms with Crippen LogP contribution in [-0.2, 0) is 16.8 Å². The average molecular weight is 300 g/mol. The zero-order valence-corrected chi connectivity index (χ0v) is 12.8. The van der Waals surface area contributed by atoms with Crippen LogP contribution in [0.15, 0.2) is 48.5 Å². The highest BCUT2D eigenvalue weighted by Gasteiger charge is 2.50. The van der Waals surface area contributed by atoms with Crippen molar-refractivity contribution in [2.24, 2.45) is 0 Å². The van der Waals surface area contributed by atoms with Crippen molar-refractivity contribution in [1.82, 2.24) is 5.32 Å². The van der Waals surface area contributed by atoms with E-state index in [-0.39, 0.29) is 11.3 Å². The molecule has 0 atom stereocenters. The van der Waals surface area contributed by atoms with Gasteiger partial charge in [-0.1, -0.05) is 53.6 Å². The fourth-order valence-electron chi connectivity index (χ4n) is 2.71. The second-order valence-corrected chi connectivity index (χ2v) is 6.20. The zero-order chi connectivity index (χ0) is 14.9. The van der Waals surface area contributed by atoms with E-state index in [1.165, 1.54) is 5.56 Å². The van der Waals surface area contributed by atoms with Gasteiger partial charge in [0.1, 0.15) is 0 Å². The predicted octanol–water partition coefficient (Wildman–Crippen LogP) is 4.00. The number of nitrogens with one attached hydrogen (secondary N) is 1. The SMILES string of the molecule is Cc1cccc(CNC(=O)C2(c3ccc(Cl)cc3)CC2)c1. The predicted molar refractivity (Wildman–Crippen MR) is 85.4 cm³/mol. The molecule has 1 amide bonds. The van der Waals surface area contributed by atoms with E-state index >= 15 is 0 Å². The van der Waals surface area contributed by atoms with Crippen molar-refractivity contribution in [2.75, 3.05) is 0 Å². The molecule has 0 bridgehead atoms. The second-order valence-electron chi connectivity index (χ2n) is 5.76. The Morgan fingerprint density at radius 2 is 1.90 bits per heavy atom. The van der Waals surface area contributed by atoms with Gasteiger partial charge in [0.2, 0.25) is 5.91 Å². The van der Waals surface area contributed by atoms with E-state index in [2.05, 4.69) is 24.4 Å². The van der Waals surface area contributed by atoms with E-state index in [4.69, 9.17) is 11.6 Å². The van der Waals surface area contributed by atoms with Gasteiger partial charge in [0, 0.05) is 11.6 Å². The first-order valence-electron chi connectivity index (χ1n) is 7.20. The van der Waals surface area contributed by atoms with Crippen molar-refractivity contribution >= 4 is 17.5 Å². The molecule has 1 aliphatic rings. The first-order valence-corrected chi connectivity index (χ1v) is 7.58. The lowest BCUT2D eigenvalue weighted by atomic mass is 9.95. The molecule has 1 N–H and O–H groups in total. The van der Waals surface area contributed by atoms with Crippen LogP contribution in [-0.4, -0.2) is 5.91 Å². The van der Waals surface area contributed by atoms with Gasteiger partial charge in [-0.3, -0.25) is 4.79 Å². The molecular weight excluding hydrogens is 282 g/mol. The molecule has 3 rings (SSSR count). The van der Waals surface area contributed by atoms with Gasteiger partial charge in [-0.15, -0.1) is 0 Å². The smallest absolute Gasteiger partial charge is 0.230 e. The number of rotatable bonds is 4. The Balaban J connectivity index is 1.69. The highest BCUT2D eigenvalue weighted by atomic mass is 35.5. The molecule has 2 aromatic rings. The summed E-state index contributed by atoms with van der Waals surface area (Å²) in [7, 11) is 0. The number of benzene rings is 2. The van der Waals surface area contributed by atoms with Crippen LogP contribution in [0, 0.1) is 6.92 Å². The molecule has 0 aliphatic heterocycles. The van der Waals surface area contributed by atoms with Crippen molar-refractivity contribution in [3.63, 3.8) is 0 Å². The lowest BCUT2D eigenvalue weighted by molar-refractivity contribution is -0.123. The first-order chi connectivity index (χ1) is 10.1. The summed E-state index contributed by atoms with van der Waals surface area (Å²) in [6.45, 7) is 2.64. The first kappa shape index (κ1) is 14.2. The van der Waals surface area contributed by atoms with Crippen molar-refractivity contribution in [3.05, 3.63) is 70.2 Å². The summed E-state index contributed by atoms with van der Waals surface area (Å²) in [6, 6.07) is 15.8. The third-order valence-electron chi connectivity index (χ3n) is 4.12. The summed E-state index contributed by atoms with van der Waals surface area (Å²) in [5.74, 6) is 0.117. The summed E-state index contributed by atoms with van der Waals surface area (Å²) >= 11 is 5.92. The molecule has 0 saturated heterocycles. The molecule has 3 heteroatoms. The molecule has 0 heterocycles. The minimum atomic E-state index is -0.339. The highest BCUT2D eigenvalue weighted by Crippen LogP contribution is 2.48. The number of amides is 1. The van der Waals surface area contributed by atoms with E-state index < -0.39 is 0 Å². The monoisotopic (exact) mass is 299 g/mol. The quantitative estimate of drug-likeness (QED) is 0.908. The molecule has 1 saturated carbocycles. The maximum atomic E-state index is 12.5. The van der Waals surface area contributed by atoms with Gasteiger partial charge >= 0.3 is 0 Å². The lowest BCUT2D eigenvalue weighted by Gasteiger charge is -2.16. The average Bonchev–Trinajstić information content (AvgIpc) is 3.27. The fraction of sp³-hybridized carbons (Fsp3) is 0.278. The van der Waals surface area contributed by atoms with E-state index in [1.807, 2.05) is 36.4 Å². The Bertz CT molecular complexity index is 659. The number of hydrogen-bond donors (Lipinski definition) is 1. The molecule has 0 unspecified atom stereocenters. The van der Waals surface area contributed by atoms with Crippen molar-refractivity contribution < 1.29 is 4.79 Å². The third-order valence-corrected chi connectivity index (χ3v) is 4.37. The molecule has 21 heavy (non-hydrogen) atoms. The molecule has 0 spiro atoms. The van der Waals surface area contributed by atoms with Gasteiger partial charge in [-0.25, -0.2) is 0 Å². The molecule has 108 valence electrons. The third kappa shape index (κ3) is 2.96. The maximum Gasteiger partial charge on any atom is 0.230 e. The molecule has 1 fully saturated rings. The summed E-state index contributed by atoms with van der Waals surface area (Å²) < 4.78 is 0. The Morgan fingerprint density at radius 1 is 1.19 bits per heavy atom. The Morgan fingerprint density at radius 3 is 2.52 bits per heavy atom. The fourth-order valence-corrected chi connectivity index (χ4v) is 2.84. The summed E-state index contributed by atoms with van der Waals surface area (Å²) in [5.41, 5.74) is 3.07. The minimum absolute atomic E-state index is 0.117. The van der Waals surface area contributed by atoms with Crippen molar-refractivity contribution in [1.29, 1.82) is 0 Å². The van der Waals surface area contributed by atoms with Crippen molar-refractivity contribution in [3.8, 4) is 0 Å². The molecular formula is C18H18ClNO. The normalized spacial score (nSPS) is 15.5. The van der Waals surface area contributed by atoms with E-state index in [0.29, 0.717) is 11.6 Å². The van der Waals surface area contributed by atoms with E-state index in [9.17, 15) is 4.79 Å². The van der Waals surface area contributed by atoms with Gasteiger partial charge in [0.15, 0.2) is 0 Å². The van der Waals surface area contributed by atoms with Crippen LogP contribution in [0.2, 0.25) is 5.02 Å². The molecule has 2 nitrogen and oxygen atoms in total. The van der Waals surface area contributed by atoms with Crippen LogP contribution in [0.25, 0.3) is 0 Å². The van der Waals surface area contributed by atoms with E-state index in [1.54, 1.807) is 0 Å². The standard InChI is InChI=1S/C18H18ClNO/c1-13-3-2-4-14(11-13)12-20-17(21)18(9-10-18)15-5-7-16(19)8-6-15/h2-8,11H,9-10,12H2,1H3,(H,20,21). The maximum absolute atomic E-state index is 12.5. The number of aryl methyl sites for hydroxylation is 1. The highest BCUT2D eigenvalue weighted by molar-refractivity contribution is 6.30. The molecule has 0 radical (unpaired) electrons. The van der Waals surface area contributed by atoms with Gasteiger partial charge in [0.05, 0.1) is 5.41 Å². The molecule has 1 aliphatic carbocycles. The summed E-state index contributed by atoms with van der Waals surface area (Å²) in [6.07, 6.45) is 1.82.